The normalized spacial score (nSPS) is 22.1. The Morgan fingerprint density at radius 2 is 1.96 bits per heavy atom. The maximum Gasteiger partial charge on any atom is 0.235 e. The molecule has 2 aliphatic heterocycles. The number of benzene rings is 1. The summed E-state index contributed by atoms with van der Waals surface area (Å²) in [5.74, 6) is -0.785. The number of carbonyl (C=O) groups excluding carboxylic acids is 2. The lowest BCUT2D eigenvalue weighted by Gasteiger charge is -2.33. The van der Waals surface area contributed by atoms with Crippen LogP contribution in [0.15, 0.2) is 18.2 Å². The zero-order valence-corrected chi connectivity index (χ0v) is 15.3. The zero-order chi connectivity index (χ0) is 18.3. The van der Waals surface area contributed by atoms with Gasteiger partial charge in [-0.3, -0.25) is 19.6 Å². The van der Waals surface area contributed by atoms with Gasteiger partial charge < -0.3 is 10.2 Å². The van der Waals surface area contributed by atoms with Gasteiger partial charge in [-0.2, -0.15) is 5.10 Å². The summed E-state index contributed by atoms with van der Waals surface area (Å²) < 4.78 is 1.85. The number of piperidine rings is 2. The van der Waals surface area contributed by atoms with Crippen molar-refractivity contribution in [2.45, 2.75) is 37.6 Å². The monoisotopic (exact) mass is 355 g/mol. The molecule has 0 bridgehead atoms. The topological polar surface area (TPSA) is 79.3 Å². The Morgan fingerprint density at radius 3 is 2.65 bits per heavy atom. The SMILES string of the molecule is CNC1CCN(c2ccc3c(C4CCC(=O)NC4=O)nn(C)c3c2)CC1. The van der Waals surface area contributed by atoms with Gasteiger partial charge in [-0.05, 0) is 44.5 Å². The van der Waals surface area contributed by atoms with Gasteiger partial charge in [-0.25, -0.2) is 0 Å². The molecule has 0 aliphatic carbocycles. The molecule has 2 saturated heterocycles. The van der Waals surface area contributed by atoms with Gasteiger partial charge in [0, 0.05) is 43.7 Å². The minimum Gasteiger partial charge on any atom is -0.371 e. The van der Waals surface area contributed by atoms with Gasteiger partial charge in [0.1, 0.15) is 0 Å². The molecule has 2 N–H and O–H groups in total. The van der Waals surface area contributed by atoms with Gasteiger partial charge >= 0.3 is 0 Å². The molecule has 1 aromatic heterocycles. The minimum absolute atomic E-state index is 0.196. The Hall–Kier alpha value is -2.41. The standard InChI is InChI=1S/C19H25N5O2/c1-20-12-7-9-24(10-8-12)13-3-4-14-16(11-13)23(2)22-18(14)15-5-6-17(25)21-19(15)26/h3-4,11-12,15,20H,5-10H2,1-2H3,(H,21,25,26). The maximum atomic E-state index is 12.2. The summed E-state index contributed by atoms with van der Waals surface area (Å²) in [6, 6.07) is 6.96. The van der Waals surface area contributed by atoms with E-state index in [0.717, 1.165) is 42.5 Å². The van der Waals surface area contributed by atoms with Gasteiger partial charge in [0.05, 0.1) is 17.1 Å². The third kappa shape index (κ3) is 2.96. The second kappa shape index (κ2) is 6.72. The van der Waals surface area contributed by atoms with Crippen molar-refractivity contribution in [1.82, 2.24) is 20.4 Å². The smallest absolute Gasteiger partial charge is 0.235 e. The molecule has 138 valence electrons. The van der Waals surface area contributed by atoms with Crippen LogP contribution in [0.5, 0.6) is 0 Å². The fourth-order valence-corrected chi connectivity index (χ4v) is 4.11. The van der Waals surface area contributed by atoms with E-state index >= 15 is 0 Å². The Kier molecular flexibility index (Phi) is 4.40. The second-order valence-electron chi connectivity index (χ2n) is 7.26. The Bertz CT molecular complexity index is 851. The predicted molar refractivity (Wildman–Crippen MR) is 100 cm³/mol. The van der Waals surface area contributed by atoms with E-state index in [2.05, 4.69) is 38.8 Å². The Balaban J connectivity index is 1.63. The van der Waals surface area contributed by atoms with Crippen LogP contribution in [0.1, 0.15) is 37.3 Å². The summed E-state index contributed by atoms with van der Waals surface area (Å²) in [5.41, 5.74) is 3.00. The molecule has 4 rings (SSSR count). The number of amides is 2. The van der Waals surface area contributed by atoms with Gasteiger partial charge in [0.25, 0.3) is 0 Å². The maximum absolute atomic E-state index is 12.2. The number of rotatable bonds is 3. The van der Waals surface area contributed by atoms with Crippen LogP contribution in [-0.4, -0.2) is 47.8 Å². The number of fused-ring (bicyclic) bond motifs is 1. The molecule has 7 heteroatoms. The Morgan fingerprint density at radius 1 is 1.19 bits per heavy atom. The molecule has 3 heterocycles. The van der Waals surface area contributed by atoms with Crippen molar-refractivity contribution in [3.8, 4) is 0 Å². The van der Waals surface area contributed by atoms with E-state index in [1.165, 1.54) is 5.69 Å². The van der Waals surface area contributed by atoms with Crippen molar-refractivity contribution in [2.75, 3.05) is 25.0 Å². The van der Waals surface area contributed by atoms with Gasteiger partial charge in [0.15, 0.2) is 0 Å². The number of aryl methyl sites for hydroxylation is 1. The fraction of sp³-hybridized carbons (Fsp3) is 0.526. The molecule has 1 aromatic carbocycles. The van der Waals surface area contributed by atoms with E-state index in [9.17, 15) is 9.59 Å². The molecular formula is C19H25N5O2. The molecule has 0 spiro atoms. The highest BCUT2D eigenvalue weighted by Crippen LogP contribution is 2.32. The molecule has 1 atom stereocenters. The van der Waals surface area contributed by atoms with E-state index < -0.39 is 0 Å². The molecule has 2 aliphatic rings. The lowest BCUT2D eigenvalue weighted by atomic mass is 9.92. The highest BCUT2D eigenvalue weighted by Gasteiger charge is 2.31. The summed E-state index contributed by atoms with van der Waals surface area (Å²) in [7, 11) is 3.94. The van der Waals surface area contributed by atoms with E-state index in [-0.39, 0.29) is 17.7 Å². The molecular weight excluding hydrogens is 330 g/mol. The number of hydrogen-bond donors (Lipinski definition) is 2. The number of carbonyl (C=O) groups is 2. The molecule has 2 aromatic rings. The van der Waals surface area contributed by atoms with Crippen molar-refractivity contribution in [1.29, 1.82) is 0 Å². The average Bonchev–Trinajstić information content (AvgIpc) is 2.98. The number of aromatic nitrogens is 2. The van der Waals surface area contributed by atoms with Crippen LogP contribution in [0, 0.1) is 0 Å². The van der Waals surface area contributed by atoms with E-state index in [4.69, 9.17) is 0 Å². The summed E-state index contributed by atoms with van der Waals surface area (Å²) in [4.78, 5) is 26.1. The second-order valence-corrected chi connectivity index (χ2v) is 7.26. The van der Waals surface area contributed by atoms with Crippen LogP contribution >= 0.6 is 0 Å². The predicted octanol–water partition coefficient (Wildman–Crippen LogP) is 1.28. The summed E-state index contributed by atoms with van der Waals surface area (Å²) >= 11 is 0. The Labute approximate surface area is 152 Å². The molecule has 0 radical (unpaired) electrons. The number of anilines is 1. The van der Waals surface area contributed by atoms with E-state index in [0.29, 0.717) is 18.9 Å². The summed E-state index contributed by atoms with van der Waals surface area (Å²) in [6.07, 6.45) is 3.17. The van der Waals surface area contributed by atoms with Crippen LogP contribution < -0.4 is 15.5 Å². The number of imide groups is 1. The molecule has 2 amide bonds. The van der Waals surface area contributed by atoms with Gasteiger partial charge in [-0.1, -0.05) is 0 Å². The first-order chi connectivity index (χ1) is 12.6. The van der Waals surface area contributed by atoms with Crippen LogP contribution in [0.2, 0.25) is 0 Å². The minimum atomic E-state index is -0.353. The number of hydrogen-bond acceptors (Lipinski definition) is 5. The highest BCUT2D eigenvalue weighted by atomic mass is 16.2. The van der Waals surface area contributed by atoms with Crippen LogP contribution in [0.4, 0.5) is 5.69 Å². The lowest BCUT2D eigenvalue weighted by molar-refractivity contribution is -0.134. The first kappa shape index (κ1) is 17.0. The van der Waals surface area contributed by atoms with E-state index in [1.807, 2.05) is 18.8 Å². The molecule has 0 saturated carbocycles. The van der Waals surface area contributed by atoms with Gasteiger partial charge in [-0.15, -0.1) is 0 Å². The third-order valence-electron chi connectivity index (χ3n) is 5.70. The van der Waals surface area contributed by atoms with Crippen LogP contribution in [0.3, 0.4) is 0 Å². The first-order valence-corrected chi connectivity index (χ1v) is 9.29. The van der Waals surface area contributed by atoms with Gasteiger partial charge in [0.2, 0.25) is 11.8 Å². The van der Waals surface area contributed by atoms with E-state index in [1.54, 1.807) is 0 Å². The first-order valence-electron chi connectivity index (χ1n) is 9.29. The quantitative estimate of drug-likeness (QED) is 0.811. The highest BCUT2D eigenvalue weighted by molar-refractivity contribution is 6.02. The summed E-state index contributed by atoms with van der Waals surface area (Å²) in [6.45, 7) is 2.07. The fourth-order valence-electron chi connectivity index (χ4n) is 4.11. The number of nitrogens with one attached hydrogen (secondary N) is 2. The van der Waals surface area contributed by atoms with Crippen molar-refractivity contribution < 1.29 is 9.59 Å². The van der Waals surface area contributed by atoms with Crippen LogP contribution in [0.25, 0.3) is 10.9 Å². The molecule has 2 fully saturated rings. The largest absolute Gasteiger partial charge is 0.371 e. The number of nitrogens with zero attached hydrogens (tertiary/aromatic N) is 3. The molecule has 1 unspecified atom stereocenters. The summed E-state index contributed by atoms with van der Waals surface area (Å²) in [5, 5.41) is 11.4. The van der Waals surface area contributed by atoms with Crippen molar-refractivity contribution in [2.24, 2.45) is 7.05 Å². The zero-order valence-electron chi connectivity index (χ0n) is 15.3. The third-order valence-corrected chi connectivity index (χ3v) is 5.70. The molecule has 7 nitrogen and oxygen atoms in total. The van der Waals surface area contributed by atoms with Crippen molar-refractivity contribution >= 4 is 28.4 Å². The molecule has 26 heavy (non-hydrogen) atoms. The van der Waals surface area contributed by atoms with Crippen molar-refractivity contribution in [3.05, 3.63) is 23.9 Å². The lowest BCUT2D eigenvalue weighted by Crippen LogP contribution is -2.41. The average molecular weight is 355 g/mol. The van der Waals surface area contributed by atoms with Crippen molar-refractivity contribution in [3.63, 3.8) is 0 Å². The van der Waals surface area contributed by atoms with Crippen LogP contribution in [-0.2, 0) is 16.6 Å².